The lowest BCUT2D eigenvalue weighted by Gasteiger charge is -1.97. The van der Waals surface area contributed by atoms with Gasteiger partial charge in [0.25, 0.3) is 0 Å². The summed E-state index contributed by atoms with van der Waals surface area (Å²) in [6.07, 6.45) is 3.87. The second kappa shape index (κ2) is 2.68. The number of benzene rings is 1. The molecule has 0 aliphatic heterocycles. The molecular weight excluding hydrogens is 179 g/mol. The van der Waals surface area contributed by atoms with E-state index in [1.54, 1.807) is 0 Å². The predicted molar refractivity (Wildman–Crippen MR) is 43.3 cm³/mol. The number of hydrogen-bond donors (Lipinski definition) is 0. The lowest BCUT2D eigenvalue weighted by Crippen LogP contribution is -1.84. The van der Waals surface area contributed by atoms with Crippen LogP contribution in [0.25, 0.3) is 10.9 Å². The molecular formula is C8H3ClFN2. The Morgan fingerprint density at radius 1 is 1.42 bits per heavy atom. The molecule has 2 nitrogen and oxygen atoms in total. The van der Waals surface area contributed by atoms with E-state index in [-0.39, 0.29) is 0 Å². The Kier molecular flexibility index (Phi) is 1.66. The standard InChI is InChI=1S/C8H3ClFN2/c9-7-1-5(10)2-8-6(7)3-11-4-12-8/h1-3H. The smallest absolute Gasteiger partial charge is 0.198 e. The van der Waals surface area contributed by atoms with Crippen LogP contribution in [0.1, 0.15) is 0 Å². The zero-order valence-corrected chi connectivity index (χ0v) is 6.64. The maximum atomic E-state index is 12.7. The third-order valence-electron chi connectivity index (χ3n) is 1.49. The fourth-order valence-corrected chi connectivity index (χ4v) is 1.22. The first-order valence-electron chi connectivity index (χ1n) is 3.25. The highest BCUT2D eigenvalue weighted by molar-refractivity contribution is 6.35. The predicted octanol–water partition coefficient (Wildman–Crippen LogP) is 2.22. The zero-order valence-electron chi connectivity index (χ0n) is 5.88. The molecule has 4 heteroatoms. The van der Waals surface area contributed by atoms with E-state index in [4.69, 9.17) is 11.6 Å². The van der Waals surface area contributed by atoms with Crippen LogP contribution in [0.3, 0.4) is 0 Å². The van der Waals surface area contributed by atoms with Crippen molar-refractivity contribution in [1.82, 2.24) is 9.97 Å². The summed E-state index contributed by atoms with van der Waals surface area (Å²) in [4.78, 5) is 7.40. The van der Waals surface area contributed by atoms with Crippen molar-refractivity contribution >= 4 is 22.5 Å². The fraction of sp³-hybridized carbons (Fsp3) is 0. The molecule has 1 radical (unpaired) electrons. The summed E-state index contributed by atoms with van der Waals surface area (Å²) in [5.41, 5.74) is 0.468. The summed E-state index contributed by atoms with van der Waals surface area (Å²) in [6, 6.07) is 2.52. The van der Waals surface area contributed by atoms with Crippen LogP contribution in [0.15, 0.2) is 18.3 Å². The molecule has 1 aromatic carbocycles. The molecule has 0 fully saturated rings. The van der Waals surface area contributed by atoms with Gasteiger partial charge in [-0.25, -0.2) is 14.4 Å². The van der Waals surface area contributed by atoms with Gasteiger partial charge in [0.1, 0.15) is 5.82 Å². The van der Waals surface area contributed by atoms with Crippen molar-refractivity contribution in [3.8, 4) is 0 Å². The van der Waals surface area contributed by atoms with Gasteiger partial charge in [0.2, 0.25) is 0 Å². The van der Waals surface area contributed by atoms with E-state index in [1.807, 2.05) is 0 Å². The summed E-state index contributed by atoms with van der Waals surface area (Å²) in [5, 5.41) is 0.954. The Morgan fingerprint density at radius 2 is 2.25 bits per heavy atom. The molecule has 0 saturated carbocycles. The largest absolute Gasteiger partial charge is 0.233 e. The number of aromatic nitrogens is 2. The average Bonchev–Trinajstić information content (AvgIpc) is 2.04. The molecule has 0 spiro atoms. The molecule has 1 aromatic heterocycles. The highest BCUT2D eigenvalue weighted by Gasteiger charge is 2.02. The molecule has 0 N–H and O–H groups in total. The highest BCUT2D eigenvalue weighted by Crippen LogP contribution is 2.21. The summed E-state index contributed by atoms with van der Waals surface area (Å²) in [7, 11) is 0. The van der Waals surface area contributed by atoms with Crippen molar-refractivity contribution in [3.63, 3.8) is 0 Å². The van der Waals surface area contributed by atoms with E-state index in [2.05, 4.69) is 16.3 Å². The molecule has 2 rings (SSSR count). The molecule has 1 heterocycles. The molecule has 12 heavy (non-hydrogen) atoms. The van der Waals surface area contributed by atoms with Gasteiger partial charge in [-0.2, -0.15) is 0 Å². The van der Waals surface area contributed by atoms with E-state index in [0.29, 0.717) is 15.9 Å². The van der Waals surface area contributed by atoms with Crippen molar-refractivity contribution < 1.29 is 4.39 Å². The van der Waals surface area contributed by atoms with Gasteiger partial charge in [-0.1, -0.05) is 11.6 Å². The lowest BCUT2D eigenvalue weighted by molar-refractivity contribution is 0.629. The Morgan fingerprint density at radius 3 is 3.08 bits per heavy atom. The Hall–Kier alpha value is -1.22. The van der Waals surface area contributed by atoms with Crippen LogP contribution in [0, 0.1) is 12.1 Å². The van der Waals surface area contributed by atoms with Gasteiger partial charge in [0.05, 0.1) is 10.5 Å². The molecule has 0 amide bonds. The highest BCUT2D eigenvalue weighted by atomic mass is 35.5. The Balaban J connectivity index is 2.89. The molecule has 0 saturated heterocycles. The topological polar surface area (TPSA) is 25.8 Å². The van der Waals surface area contributed by atoms with E-state index in [0.717, 1.165) is 0 Å². The van der Waals surface area contributed by atoms with Crippen molar-refractivity contribution in [3.05, 3.63) is 35.5 Å². The minimum absolute atomic E-state index is 0.319. The SMILES string of the molecule is Fc1cc(Cl)c2cn[c]nc2c1. The van der Waals surface area contributed by atoms with Crippen molar-refractivity contribution in [2.75, 3.05) is 0 Å². The molecule has 59 valence electrons. The first-order chi connectivity index (χ1) is 5.77. The number of rotatable bonds is 0. The summed E-state index contributed by atoms with van der Waals surface area (Å²) in [5.74, 6) is -0.403. The van der Waals surface area contributed by atoms with Crippen LogP contribution >= 0.6 is 11.6 Å². The van der Waals surface area contributed by atoms with Crippen LogP contribution in [0.5, 0.6) is 0 Å². The van der Waals surface area contributed by atoms with Gasteiger partial charge in [-0.3, -0.25) is 0 Å². The second-order valence-corrected chi connectivity index (χ2v) is 2.70. The van der Waals surface area contributed by atoms with Gasteiger partial charge in [-0.15, -0.1) is 0 Å². The first-order valence-corrected chi connectivity index (χ1v) is 3.63. The summed E-state index contributed by atoms with van der Waals surface area (Å²) in [6.45, 7) is 0. The Labute approximate surface area is 73.0 Å². The van der Waals surface area contributed by atoms with Crippen molar-refractivity contribution in [2.24, 2.45) is 0 Å². The van der Waals surface area contributed by atoms with E-state index in [9.17, 15) is 4.39 Å². The Bertz CT molecular complexity index is 430. The molecule has 0 bridgehead atoms. The maximum absolute atomic E-state index is 12.7. The lowest BCUT2D eigenvalue weighted by atomic mass is 10.2. The third-order valence-corrected chi connectivity index (χ3v) is 1.81. The molecule has 0 aliphatic rings. The average molecular weight is 182 g/mol. The molecule has 2 aromatic rings. The monoisotopic (exact) mass is 181 g/mol. The number of halogens is 2. The van der Waals surface area contributed by atoms with E-state index in [1.165, 1.54) is 18.3 Å². The minimum atomic E-state index is -0.403. The summed E-state index contributed by atoms with van der Waals surface area (Å²) < 4.78 is 12.7. The van der Waals surface area contributed by atoms with Crippen LogP contribution in [-0.2, 0) is 0 Å². The number of hydrogen-bond acceptors (Lipinski definition) is 2. The van der Waals surface area contributed by atoms with E-state index >= 15 is 0 Å². The van der Waals surface area contributed by atoms with Crippen LogP contribution < -0.4 is 0 Å². The number of fused-ring (bicyclic) bond motifs is 1. The zero-order chi connectivity index (χ0) is 8.55. The molecule has 0 unspecified atom stereocenters. The van der Waals surface area contributed by atoms with Crippen LogP contribution in [-0.4, -0.2) is 9.97 Å². The third kappa shape index (κ3) is 1.12. The molecule has 0 atom stereocenters. The van der Waals surface area contributed by atoms with Gasteiger partial charge in [-0.05, 0) is 6.07 Å². The normalized spacial score (nSPS) is 10.5. The van der Waals surface area contributed by atoms with Crippen molar-refractivity contribution in [2.45, 2.75) is 0 Å². The van der Waals surface area contributed by atoms with Gasteiger partial charge < -0.3 is 0 Å². The molecule has 0 aliphatic carbocycles. The van der Waals surface area contributed by atoms with Gasteiger partial charge >= 0.3 is 0 Å². The van der Waals surface area contributed by atoms with Crippen LogP contribution in [0.4, 0.5) is 4.39 Å². The number of nitrogens with zero attached hydrogens (tertiary/aromatic N) is 2. The van der Waals surface area contributed by atoms with Gasteiger partial charge in [0.15, 0.2) is 6.33 Å². The second-order valence-electron chi connectivity index (χ2n) is 2.29. The fourth-order valence-electron chi connectivity index (χ4n) is 0.968. The van der Waals surface area contributed by atoms with E-state index < -0.39 is 5.82 Å². The van der Waals surface area contributed by atoms with Gasteiger partial charge in [0, 0.05) is 17.6 Å². The minimum Gasteiger partial charge on any atom is -0.233 e. The first kappa shape index (κ1) is 7.43. The van der Waals surface area contributed by atoms with Crippen LogP contribution in [0.2, 0.25) is 5.02 Å². The summed E-state index contributed by atoms with van der Waals surface area (Å²) >= 11 is 5.73. The quantitative estimate of drug-likeness (QED) is 0.623. The van der Waals surface area contributed by atoms with Crippen molar-refractivity contribution in [1.29, 1.82) is 0 Å². The maximum Gasteiger partial charge on any atom is 0.198 e.